The molecule has 0 spiro atoms. The van der Waals surface area contributed by atoms with Crippen LogP contribution >= 0.6 is 0 Å². The Morgan fingerprint density at radius 3 is 3.05 bits per heavy atom. The zero-order valence-electron chi connectivity index (χ0n) is 10.8. The number of rotatable bonds is 2. The van der Waals surface area contributed by atoms with Crippen LogP contribution in [0.5, 0.6) is 0 Å². The van der Waals surface area contributed by atoms with E-state index in [4.69, 9.17) is 4.74 Å². The molecule has 1 atom stereocenters. The van der Waals surface area contributed by atoms with Gasteiger partial charge in [-0.15, -0.1) is 0 Å². The minimum absolute atomic E-state index is 0.00324. The fourth-order valence-electron chi connectivity index (χ4n) is 2.64. The van der Waals surface area contributed by atoms with E-state index in [0.717, 1.165) is 24.2 Å². The third kappa shape index (κ3) is 2.21. The van der Waals surface area contributed by atoms with E-state index in [0.29, 0.717) is 18.5 Å². The third-order valence-electron chi connectivity index (χ3n) is 3.75. The maximum atomic E-state index is 12.3. The molecule has 0 saturated carbocycles. The number of fused-ring (bicyclic) bond motifs is 1. The maximum Gasteiger partial charge on any atom is 0.254 e. The lowest BCUT2D eigenvalue weighted by atomic mass is 10.1. The number of carbonyl (C=O) groups is 2. The molecule has 2 amide bonds. The van der Waals surface area contributed by atoms with Gasteiger partial charge in [0.1, 0.15) is 0 Å². The molecule has 1 unspecified atom stereocenters. The molecule has 0 aromatic heterocycles. The molecular formula is C14H16N2O3. The second-order valence-corrected chi connectivity index (χ2v) is 4.99. The van der Waals surface area contributed by atoms with Crippen molar-refractivity contribution in [2.45, 2.75) is 18.9 Å². The van der Waals surface area contributed by atoms with E-state index in [-0.39, 0.29) is 17.9 Å². The fraction of sp³-hybridized carbons (Fsp3) is 0.429. The van der Waals surface area contributed by atoms with Gasteiger partial charge in [0.15, 0.2) is 0 Å². The molecule has 1 aromatic carbocycles. The number of nitrogens with one attached hydrogen (secondary N) is 1. The average Bonchev–Trinajstić information content (AvgIpc) is 3.01. The molecule has 3 rings (SSSR count). The summed E-state index contributed by atoms with van der Waals surface area (Å²) < 4.78 is 5.26. The Hall–Kier alpha value is -1.88. The molecule has 0 aliphatic carbocycles. The van der Waals surface area contributed by atoms with Gasteiger partial charge >= 0.3 is 0 Å². The van der Waals surface area contributed by atoms with Crippen LogP contribution in [0, 0.1) is 0 Å². The van der Waals surface area contributed by atoms with Gasteiger partial charge in [-0.05, 0) is 24.1 Å². The fourth-order valence-corrected chi connectivity index (χ4v) is 2.64. The van der Waals surface area contributed by atoms with Crippen LogP contribution in [0.4, 0.5) is 5.69 Å². The van der Waals surface area contributed by atoms with E-state index in [9.17, 15) is 9.59 Å². The van der Waals surface area contributed by atoms with Gasteiger partial charge in [-0.3, -0.25) is 9.59 Å². The first kappa shape index (κ1) is 12.2. The summed E-state index contributed by atoms with van der Waals surface area (Å²) in [6.07, 6.45) is 1.42. The van der Waals surface area contributed by atoms with Gasteiger partial charge in [-0.2, -0.15) is 0 Å². The van der Waals surface area contributed by atoms with Crippen LogP contribution in [0.1, 0.15) is 22.3 Å². The molecule has 1 fully saturated rings. The average molecular weight is 260 g/mol. The van der Waals surface area contributed by atoms with Crippen molar-refractivity contribution < 1.29 is 14.3 Å². The minimum Gasteiger partial charge on any atom is -0.380 e. The third-order valence-corrected chi connectivity index (χ3v) is 3.75. The number of hydrogen-bond donors (Lipinski definition) is 1. The Balaban J connectivity index is 1.78. The molecule has 0 bridgehead atoms. The zero-order valence-corrected chi connectivity index (χ0v) is 10.8. The molecular weight excluding hydrogens is 244 g/mol. The summed E-state index contributed by atoms with van der Waals surface area (Å²) in [5.74, 6) is -0.0104. The maximum absolute atomic E-state index is 12.3. The van der Waals surface area contributed by atoms with E-state index in [1.165, 1.54) is 0 Å². The van der Waals surface area contributed by atoms with Gasteiger partial charge in [0.2, 0.25) is 5.91 Å². The summed E-state index contributed by atoms with van der Waals surface area (Å²) in [6.45, 7) is 1.36. The first-order chi connectivity index (χ1) is 9.17. The predicted octanol–water partition coefficient (Wildman–Crippen LogP) is 1.04. The van der Waals surface area contributed by atoms with Crippen LogP contribution in [0.15, 0.2) is 18.2 Å². The normalized spacial score (nSPS) is 21.4. The number of hydrogen-bond acceptors (Lipinski definition) is 3. The van der Waals surface area contributed by atoms with E-state index < -0.39 is 0 Å². The first-order valence-electron chi connectivity index (χ1n) is 6.42. The number of benzene rings is 1. The van der Waals surface area contributed by atoms with Gasteiger partial charge in [-0.25, -0.2) is 0 Å². The monoisotopic (exact) mass is 260 g/mol. The molecule has 1 saturated heterocycles. The Kier molecular flexibility index (Phi) is 2.98. The Morgan fingerprint density at radius 1 is 1.47 bits per heavy atom. The number of methoxy groups -OCH3 is 1. The summed E-state index contributed by atoms with van der Waals surface area (Å²) in [6, 6.07) is 5.41. The number of anilines is 1. The summed E-state index contributed by atoms with van der Waals surface area (Å²) >= 11 is 0. The molecule has 100 valence electrons. The highest BCUT2D eigenvalue weighted by atomic mass is 16.5. The summed E-state index contributed by atoms with van der Waals surface area (Å²) in [5.41, 5.74) is 2.34. The summed E-state index contributed by atoms with van der Waals surface area (Å²) in [5, 5.41) is 2.77. The van der Waals surface area contributed by atoms with Crippen LogP contribution in [-0.4, -0.2) is 43.0 Å². The second kappa shape index (κ2) is 4.66. The van der Waals surface area contributed by atoms with E-state index in [1.807, 2.05) is 6.07 Å². The van der Waals surface area contributed by atoms with Crippen LogP contribution in [0.2, 0.25) is 0 Å². The first-order valence-corrected chi connectivity index (χ1v) is 6.42. The lowest BCUT2D eigenvalue weighted by Gasteiger charge is -2.16. The van der Waals surface area contributed by atoms with Crippen molar-refractivity contribution in [1.82, 2.24) is 4.90 Å². The molecule has 19 heavy (non-hydrogen) atoms. The summed E-state index contributed by atoms with van der Waals surface area (Å²) in [4.78, 5) is 25.4. The van der Waals surface area contributed by atoms with Crippen LogP contribution < -0.4 is 5.32 Å². The van der Waals surface area contributed by atoms with Gasteiger partial charge in [0.25, 0.3) is 5.91 Å². The van der Waals surface area contributed by atoms with Gasteiger partial charge in [-0.1, -0.05) is 6.07 Å². The Morgan fingerprint density at radius 2 is 2.32 bits per heavy atom. The van der Waals surface area contributed by atoms with Crippen molar-refractivity contribution in [1.29, 1.82) is 0 Å². The molecule has 2 aliphatic rings. The minimum atomic E-state index is -0.0137. The largest absolute Gasteiger partial charge is 0.380 e. The van der Waals surface area contributed by atoms with Crippen LogP contribution in [0.3, 0.4) is 0 Å². The molecule has 2 aliphatic heterocycles. The quantitative estimate of drug-likeness (QED) is 0.864. The molecule has 1 N–H and O–H groups in total. The summed E-state index contributed by atoms with van der Waals surface area (Å²) in [7, 11) is 1.67. The molecule has 0 radical (unpaired) electrons. The van der Waals surface area contributed by atoms with Crippen LogP contribution in [0.25, 0.3) is 0 Å². The Labute approximate surface area is 111 Å². The van der Waals surface area contributed by atoms with Crippen LogP contribution in [-0.2, 0) is 16.0 Å². The highest BCUT2D eigenvalue weighted by molar-refractivity contribution is 6.02. The number of amides is 2. The highest BCUT2D eigenvalue weighted by Crippen LogP contribution is 2.25. The van der Waals surface area contributed by atoms with Gasteiger partial charge < -0.3 is 15.0 Å². The SMILES string of the molecule is COC1CCN(C(=O)c2ccc3c(c2)NC(=O)C3)C1. The van der Waals surface area contributed by atoms with Crippen molar-refractivity contribution in [3.05, 3.63) is 29.3 Å². The lowest BCUT2D eigenvalue weighted by molar-refractivity contribution is -0.115. The standard InChI is InChI=1S/C14H16N2O3/c1-19-11-4-5-16(8-11)14(18)10-3-2-9-7-13(17)15-12(9)6-10/h2-3,6,11H,4-5,7-8H2,1H3,(H,15,17). The Bertz CT molecular complexity index is 541. The molecule has 2 heterocycles. The van der Waals surface area contributed by atoms with Gasteiger partial charge in [0, 0.05) is 31.5 Å². The number of ether oxygens (including phenoxy) is 1. The molecule has 5 heteroatoms. The smallest absolute Gasteiger partial charge is 0.254 e. The number of nitrogens with zero attached hydrogens (tertiary/aromatic N) is 1. The van der Waals surface area contributed by atoms with E-state index >= 15 is 0 Å². The number of likely N-dealkylation sites (tertiary alicyclic amines) is 1. The molecule has 5 nitrogen and oxygen atoms in total. The predicted molar refractivity (Wildman–Crippen MR) is 70.1 cm³/mol. The van der Waals surface area contributed by atoms with Crippen molar-refractivity contribution >= 4 is 17.5 Å². The number of carbonyl (C=O) groups excluding carboxylic acids is 2. The topological polar surface area (TPSA) is 58.6 Å². The van der Waals surface area contributed by atoms with Crippen molar-refractivity contribution in [3.8, 4) is 0 Å². The molecule has 1 aromatic rings. The zero-order chi connectivity index (χ0) is 13.4. The van der Waals surface area contributed by atoms with Crippen molar-refractivity contribution in [2.24, 2.45) is 0 Å². The van der Waals surface area contributed by atoms with Crippen molar-refractivity contribution in [2.75, 3.05) is 25.5 Å². The van der Waals surface area contributed by atoms with E-state index in [1.54, 1.807) is 24.1 Å². The van der Waals surface area contributed by atoms with E-state index in [2.05, 4.69) is 5.32 Å². The highest BCUT2D eigenvalue weighted by Gasteiger charge is 2.27. The van der Waals surface area contributed by atoms with Crippen molar-refractivity contribution in [3.63, 3.8) is 0 Å². The van der Waals surface area contributed by atoms with Gasteiger partial charge in [0.05, 0.1) is 12.5 Å². The second-order valence-electron chi connectivity index (χ2n) is 4.99. The lowest BCUT2D eigenvalue weighted by Crippen LogP contribution is -2.29.